The van der Waals surface area contributed by atoms with Crippen LogP contribution in [0.25, 0.3) is 10.8 Å². The molecule has 2 heterocycles. The molecule has 8 heteroatoms. The Labute approximate surface area is 178 Å². The normalized spacial score (nSPS) is 16.1. The highest BCUT2D eigenvalue weighted by atomic mass is 19.3. The number of nitrogens with one attached hydrogen (secondary N) is 1. The number of anilines is 1. The predicted molar refractivity (Wildman–Crippen MR) is 114 cm³/mol. The maximum Gasteiger partial charge on any atom is 0.266 e. The van der Waals surface area contributed by atoms with Gasteiger partial charge in [0.25, 0.3) is 12.0 Å². The molecule has 31 heavy (non-hydrogen) atoms. The van der Waals surface area contributed by atoms with E-state index in [0.29, 0.717) is 22.3 Å². The van der Waals surface area contributed by atoms with Gasteiger partial charge in [-0.15, -0.1) is 5.10 Å². The fraction of sp³-hybridized carbons (Fsp3) is 0.435. The molecule has 5 nitrogen and oxygen atoms in total. The van der Waals surface area contributed by atoms with Crippen LogP contribution < -0.4 is 10.9 Å². The van der Waals surface area contributed by atoms with Crippen molar-refractivity contribution < 1.29 is 13.2 Å². The number of rotatable bonds is 5. The van der Waals surface area contributed by atoms with Crippen LogP contribution in [-0.2, 0) is 0 Å². The van der Waals surface area contributed by atoms with E-state index >= 15 is 0 Å². The average Bonchev–Trinajstić information content (AvgIpc) is 2.76. The summed E-state index contributed by atoms with van der Waals surface area (Å²) in [6.45, 7) is 3.46. The highest BCUT2D eigenvalue weighted by Crippen LogP contribution is 2.32. The molecule has 1 aliphatic rings. The van der Waals surface area contributed by atoms with Crippen molar-refractivity contribution in [2.75, 3.05) is 5.32 Å². The topological polar surface area (TPSA) is 59.8 Å². The Kier molecular flexibility index (Phi) is 5.98. The summed E-state index contributed by atoms with van der Waals surface area (Å²) in [4.78, 5) is 12.8. The summed E-state index contributed by atoms with van der Waals surface area (Å²) in [5, 5.41) is 12.8. The summed E-state index contributed by atoms with van der Waals surface area (Å²) in [5.41, 5.74) is 0.0308. The summed E-state index contributed by atoms with van der Waals surface area (Å²) >= 11 is 0. The number of nitrogens with zero attached hydrogens (tertiary/aromatic N) is 3. The minimum Gasteiger partial charge on any atom is -0.361 e. The lowest BCUT2D eigenvalue weighted by atomic mass is 9.95. The van der Waals surface area contributed by atoms with Crippen LogP contribution in [0.3, 0.4) is 0 Å². The van der Waals surface area contributed by atoms with E-state index in [2.05, 4.69) is 15.5 Å². The summed E-state index contributed by atoms with van der Waals surface area (Å²) < 4.78 is 42.6. The molecule has 3 aromatic rings. The number of hydrogen-bond acceptors (Lipinski definition) is 4. The van der Waals surface area contributed by atoms with Crippen molar-refractivity contribution in [1.82, 2.24) is 14.8 Å². The molecule has 0 radical (unpaired) electrons. The first kappa shape index (κ1) is 21.3. The first-order chi connectivity index (χ1) is 14.9. The van der Waals surface area contributed by atoms with Crippen molar-refractivity contribution in [2.24, 2.45) is 0 Å². The van der Waals surface area contributed by atoms with E-state index in [4.69, 9.17) is 0 Å². The molecule has 0 unspecified atom stereocenters. The third kappa shape index (κ3) is 4.16. The van der Waals surface area contributed by atoms with E-state index < -0.39 is 23.8 Å². The second kappa shape index (κ2) is 8.69. The zero-order chi connectivity index (χ0) is 22.1. The lowest BCUT2D eigenvalue weighted by Gasteiger charge is -2.25. The van der Waals surface area contributed by atoms with Crippen LogP contribution in [0.5, 0.6) is 0 Å². The SMILES string of the molecule is Cc1nnc(N[C@H](C)c2cccc(C(F)F)c2F)c2cn(C3CCCCC3)c(=O)cc12. The maximum atomic E-state index is 14.6. The Balaban J connectivity index is 1.75. The van der Waals surface area contributed by atoms with Crippen LogP contribution in [0.4, 0.5) is 19.0 Å². The molecule has 0 saturated heterocycles. The van der Waals surface area contributed by atoms with Gasteiger partial charge in [-0.2, -0.15) is 5.10 Å². The van der Waals surface area contributed by atoms with Gasteiger partial charge in [0.05, 0.1) is 17.3 Å². The van der Waals surface area contributed by atoms with Crippen LogP contribution in [-0.4, -0.2) is 14.8 Å². The summed E-state index contributed by atoms with van der Waals surface area (Å²) in [5.74, 6) is -0.541. The molecule has 2 aromatic heterocycles. The van der Waals surface area contributed by atoms with Crippen LogP contribution >= 0.6 is 0 Å². The molecule has 0 aliphatic heterocycles. The van der Waals surface area contributed by atoms with Gasteiger partial charge in [0.15, 0.2) is 5.82 Å². The minimum absolute atomic E-state index is 0.0785. The van der Waals surface area contributed by atoms with Crippen molar-refractivity contribution in [2.45, 2.75) is 64.5 Å². The zero-order valence-electron chi connectivity index (χ0n) is 17.5. The van der Waals surface area contributed by atoms with Crippen molar-refractivity contribution in [3.05, 3.63) is 63.5 Å². The summed E-state index contributed by atoms with van der Waals surface area (Å²) in [6, 6.07) is 5.05. The van der Waals surface area contributed by atoms with Crippen LogP contribution in [0.15, 0.2) is 35.3 Å². The molecule has 0 bridgehead atoms. The van der Waals surface area contributed by atoms with Crippen molar-refractivity contribution >= 4 is 16.6 Å². The smallest absolute Gasteiger partial charge is 0.266 e. The Morgan fingerprint density at radius 2 is 1.81 bits per heavy atom. The first-order valence-corrected chi connectivity index (χ1v) is 10.6. The average molecular weight is 430 g/mol. The number of hydrogen-bond donors (Lipinski definition) is 1. The van der Waals surface area contributed by atoms with Crippen molar-refractivity contribution in [1.29, 1.82) is 0 Å². The Morgan fingerprint density at radius 3 is 2.52 bits per heavy atom. The molecular weight excluding hydrogens is 405 g/mol. The molecular formula is C23H25F3N4O. The number of fused-ring (bicyclic) bond motifs is 1. The third-order valence-electron chi connectivity index (χ3n) is 6.11. The fourth-order valence-corrected chi connectivity index (χ4v) is 4.37. The number of aromatic nitrogens is 3. The molecule has 4 rings (SSSR count). The maximum absolute atomic E-state index is 14.6. The van der Waals surface area contributed by atoms with E-state index in [0.717, 1.165) is 31.7 Å². The largest absolute Gasteiger partial charge is 0.361 e. The van der Waals surface area contributed by atoms with E-state index in [1.165, 1.54) is 18.6 Å². The van der Waals surface area contributed by atoms with E-state index in [9.17, 15) is 18.0 Å². The van der Waals surface area contributed by atoms with Crippen molar-refractivity contribution in [3.63, 3.8) is 0 Å². The summed E-state index contributed by atoms with van der Waals surface area (Å²) in [6.07, 6.45) is 4.17. The van der Waals surface area contributed by atoms with Gasteiger partial charge in [-0.3, -0.25) is 4.79 Å². The van der Waals surface area contributed by atoms with Crippen LogP contribution in [0.1, 0.15) is 74.4 Å². The third-order valence-corrected chi connectivity index (χ3v) is 6.11. The number of aryl methyl sites for hydroxylation is 1. The number of pyridine rings is 1. The first-order valence-electron chi connectivity index (χ1n) is 10.6. The van der Waals surface area contributed by atoms with Gasteiger partial charge in [0.2, 0.25) is 0 Å². The van der Waals surface area contributed by atoms with Gasteiger partial charge in [-0.1, -0.05) is 37.5 Å². The van der Waals surface area contributed by atoms with Crippen LogP contribution in [0, 0.1) is 12.7 Å². The monoisotopic (exact) mass is 430 g/mol. The Hall–Kier alpha value is -2.90. The van der Waals surface area contributed by atoms with E-state index in [-0.39, 0.29) is 17.2 Å². The van der Waals surface area contributed by atoms with E-state index in [1.807, 2.05) is 0 Å². The van der Waals surface area contributed by atoms with Crippen molar-refractivity contribution in [3.8, 4) is 0 Å². The highest BCUT2D eigenvalue weighted by Gasteiger charge is 2.22. The van der Waals surface area contributed by atoms with Gasteiger partial charge >= 0.3 is 0 Å². The number of halogens is 3. The van der Waals surface area contributed by atoms with Gasteiger partial charge in [-0.25, -0.2) is 13.2 Å². The molecule has 1 aliphatic carbocycles. The second-order valence-corrected chi connectivity index (χ2v) is 8.19. The fourth-order valence-electron chi connectivity index (χ4n) is 4.37. The molecule has 1 N–H and O–H groups in total. The van der Waals surface area contributed by atoms with Crippen LogP contribution in [0.2, 0.25) is 0 Å². The molecule has 0 amide bonds. The Morgan fingerprint density at radius 1 is 1.10 bits per heavy atom. The predicted octanol–water partition coefficient (Wildman–Crippen LogP) is 5.85. The molecule has 0 spiro atoms. The van der Waals surface area contributed by atoms with Gasteiger partial charge in [0.1, 0.15) is 5.82 Å². The lowest BCUT2D eigenvalue weighted by molar-refractivity contribution is 0.146. The molecule has 1 fully saturated rings. The molecule has 1 saturated carbocycles. The van der Waals surface area contributed by atoms with Gasteiger partial charge in [0, 0.05) is 34.6 Å². The number of benzene rings is 1. The highest BCUT2D eigenvalue weighted by molar-refractivity contribution is 5.92. The second-order valence-electron chi connectivity index (χ2n) is 8.19. The molecule has 164 valence electrons. The zero-order valence-corrected chi connectivity index (χ0v) is 17.5. The minimum atomic E-state index is -2.89. The van der Waals surface area contributed by atoms with Gasteiger partial charge < -0.3 is 9.88 Å². The van der Waals surface area contributed by atoms with Gasteiger partial charge in [-0.05, 0) is 26.7 Å². The van der Waals surface area contributed by atoms with E-state index in [1.54, 1.807) is 30.7 Å². The number of alkyl halides is 2. The molecule has 1 aromatic carbocycles. The summed E-state index contributed by atoms with van der Waals surface area (Å²) in [7, 11) is 0. The standard InChI is InChI=1S/C23H25F3N4O/c1-13(16-9-6-10-17(21(16)24)22(25)26)27-23-19-12-30(15-7-4-3-5-8-15)20(31)11-18(19)14(2)28-29-23/h6,9-13,15,22H,3-5,7-8H2,1-2H3,(H,27,29)/t13-/m1/s1. The quantitative estimate of drug-likeness (QED) is 0.551. The lowest BCUT2D eigenvalue weighted by Crippen LogP contribution is -2.25. The molecule has 1 atom stereocenters. The Bertz CT molecular complexity index is 1160.